The Bertz CT molecular complexity index is 743. The van der Waals surface area contributed by atoms with Gasteiger partial charge < -0.3 is 9.80 Å². The molecule has 25 heavy (non-hydrogen) atoms. The lowest BCUT2D eigenvalue weighted by molar-refractivity contribution is -0.129. The van der Waals surface area contributed by atoms with Gasteiger partial charge in [0.1, 0.15) is 12.9 Å². The maximum absolute atomic E-state index is 12.4. The Morgan fingerprint density at radius 1 is 1.28 bits per heavy atom. The zero-order chi connectivity index (χ0) is 17.8. The smallest absolute Gasteiger partial charge is 0.324 e. The molecule has 1 fully saturated rings. The molecule has 1 unspecified atom stereocenters. The monoisotopic (exact) mass is 342 g/mol. The summed E-state index contributed by atoms with van der Waals surface area (Å²) < 4.78 is 1.41. The number of carbonyl (C=O) groups is 2. The summed E-state index contributed by atoms with van der Waals surface area (Å²) in [7, 11) is 3.36. The SMILES string of the molecule is CN(C)C(=O)Cn1cnc(NC(=O)N2CCC(c3ccccc3)C2)n1. The fraction of sp³-hybridized carbons (Fsp3) is 0.412. The summed E-state index contributed by atoms with van der Waals surface area (Å²) in [4.78, 5) is 31.3. The molecule has 0 radical (unpaired) electrons. The molecule has 3 amide bonds. The Morgan fingerprint density at radius 3 is 2.76 bits per heavy atom. The highest BCUT2D eigenvalue weighted by molar-refractivity contribution is 5.87. The molecule has 8 heteroatoms. The second-order valence-electron chi connectivity index (χ2n) is 6.33. The van der Waals surface area contributed by atoms with Crippen LogP contribution in [-0.2, 0) is 11.3 Å². The van der Waals surface area contributed by atoms with Crippen molar-refractivity contribution in [2.45, 2.75) is 18.9 Å². The molecule has 0 aliphatic carbocycles. The number of urea groups is 1. The lowest BCUT2D eigenvalue weighted by Gasteiger charge is -2.16. The fourth-order valence-electron chi connectivity index (χ4n) is 2.82. The Balaban J connectivity index is 1.55. The Labute approximate surface area is 146 Å². The van der Waals surface area contributed by atoms with Gasteiger partial charge in [0, 0.05) is 33.1 Å². The lowest BCUT2D eigenvalue weighted by atomic mass is 9.99. The number of hydrogen-bond donors (Lipinski definition) is 1. The number of anilines is 1. The van der Waals surface area contributed by atoms with Gasteiger partial charge in [0.25, 0.3) is 0 Å². The quantitative estimate of drug-likeness (QED) is 0.910. The van der Waals surface area contributed by atoms with Gasteiger partial charge in [0.2, 0.25) is 11.9 Å². The first-order valence-corrected chi connectivity index (χ1v) is 8.23. The van der Waals surface area contributed by atoms with E-state index in [4.69, 9.17) is 0 Å². The number of carbonyl (C=O) groups excluding carboxylic acids is 2. The fourth-order valence-corrected chi connectivity index (χ4v) is 2.82. The minimum atomic E-state index is -0.213. The van der Waals surface area contributed by atoms with Crippen molar-refractivity contribution in [3.63, 3.8) is 0 Å². The maximum Gasteiger partial charge on any atom is 0.324 e. The van der Waals surface area contributed by atoms with Crippen LogP contribution in [0, 0.1) is 0 Å². The van der Waals surface area contributed by atoms with E-state index in [1.807, 2.05) is 18.2 Å². The molecule has 132 valence electrons. The summed E-state index contributed by atoms with van der Waals surface area (Å²) in [5, 5.41) is 6.82. The summed E-state index contributed by atoms with van der Waals surface area (Å²) >= 11 is 0. The summed E-state index contributed by atoms with van der Waals surface area (Å²) in [5.41, 5.74) is 1.25. The van der Waals surface area contributed by atoms with E-state index in [9.17, 15) is 9.59 Å². The topological polar surface area (TPSA) is 83.4 Å². The lowest BCUT2D eigenvalue weighted by Crippen LogP contribution is -2.33. The number of likely N-dealkylation sites (tertiary alicyclic amines) is 1. The Morgan fingerprint density at radius 2 is 2.04 bits per heavy atom. The predicted molar refractivity (Wildman–Crippen MR) is 93.1 cm³/mol. The van der Waals surface area contributed by atoms with Gasteiger partial charge in [0.05, 0.1) is 0 Å². The summed E-state index contributed by atoms with van der Waals surface area (Å²) in [6.07, 6.45) is 2.38. The van der Waals surface area contributed by atoms with Gasteiger partial charge in [-0.2, -0.15) is 0 Å². The summed E-state index contributed by atoms with van der Waals surface area (Å²) in [6, 6.07) is 10.0. The van der Waals surface area contributed by atoms with Crippen LogP contribution in [-0.4, -0.2) is 63.7 Å². The third-order valence-electron chi connectivity index (χ3n) is 4.30. The van der Waals surface area contributed by atoms with Crippen LogP contribution in [0.4, 0.5) is 10.7 Å². The molecule has 1 aliphatic rings. The van der Waals surface area contributed by atoms with Gasteiger partial charge in [0.15, 0.2) is 0 Å². The highest BCUT2D eigenvalue weighted by Gasteiger charge is 2.27. The molecule has 2 aromatic rings. The van der Waals surface area contributed by atoms with Crippen LogP contribution >= 0.6 is 0 Å². The van der Waals surface area contributed by atoms with Crippen molar-refractivity contribution >= 4 is 17.9 Å². The van der Waals surface area contributed by atoms with Crippen molar-refractivity contribution in [2.75, 3.05) is 32.5 Å². The van der Waals surface area contributed by atoms with Crippen LogP contribution in [0.2, 0.25) is 0 Å². The number of nitrogens with one attached hydrogen (secondary N) is 1. The Kier molecular flexibility index (Phi) is 4.97. The first-order valence-electron chi connectivity index (χ1n) is 8.23. The van der Waals surface area contributed by atoms with Gasteiger partial charge >= 0.3 is 6.03 Å². The minimum absolute atomic E-state index is 0.0898. The van der Waals surface area contributed by atoms with Crippen LogP contribution in [0.25, 0.3) is 0 Å². The van der Waals surface area contributed by atoms with Gasteiger partial charge in [-0.3, -0.25) is 10.1 Å². The average molecular weight is 342 g/mol. The number of aromatic nitrogens is 3. The van der Waals surface area contributed by atoms with Crippen molar-refractivity contribution in [1.82, 2.24) is 24.6 Å². The van der Waals surface area contributed by atoms with Crippen molar-refractivity contribution in [3.05, 3.63) is 42.2 Å². The molecule has 8 nitrogen and oxygen atoms in total. The largest absolute Gasteiger partial charge is 0.347 e. The molecule has 1 saturated heterocycles. The number of nitrogens with zero attached hydrogens (tertiary/aromatic N) is 5. The molecule has 1 N–H and O–H groups in total. The summed E-state index contributed by atoms with van der Waals surface area (Å²) in [5.74, 6) is 0.475. The first kappa shape index (κ1) is 16.9. The third-order valence-corrected chi connectivity index (χ3v) is 4.30. The van der Waals surface area contributed by atoms with Gasteiger partial charge in [-0.15, -0.1) is 5.10 Å². The molecule has 1 aromatic heterocycles. The molecule has 0 bridgehead atoms. The van der Waals surface area contributed by atoms with Crippen molar-refractivity contribution in [3.8, 4) is 0 Å². The second kappa shape index (κ2) is 7.33. The van der Waals surface area contributed by atoms with E-state index in [0.717, 1.165) is 6.42 Å². The number of rotatable bonds is 4. The van der Waals surface area contributed by atoms with E-state index < -0.39 is 0 Å². The molecular weight excluding hydrogens is 320 g/mol. The van der Waals surface area contributed by atoms with E-state index in [-0.39, 0.29) is 24.4 Å². The van der Waals surface area contributed by atoms with E-state index >= 15 is 0 Å². The van der Waals surface area contributed by atoms with E-state index in [0.29, 0.717) is 19.0 Å². The molecule has 2 heterocycles. The second-order valence-corrected chi connectivity index (χ2v) is 6.33. The van der Waals surface area contributed by atoms with Gasteiger partial charge in [-0.25, -0.2) is 14.5 Å². The number of hydrogen-bond acceptors (Lipinski definition) is 4. The zero-order valence-corrected chi connectivity index (χ0v) is 14.4. The van der Waals surface area contributed by atoms with Crippen LogP contribution in [0.15, 0.2) is 36.7 Å². The van der Waals surface area contributed by atoms with Gasteiger partial charge in [-0.1, -0.05) is 30.3 Å². The highest BCUT2D eigenvalue weighted by atomic mass is 16.2. The van der Waals surface area contributed by atoms with Crippen molar-refractivity contribution in [2.24, 2.45) is 0 Å². The number of amides is 3. The zero-order valence-electron chi connectivity index (χ0n) is 14.4. The highest BCUT2D eigenvalue weighted by Crippen LogP contribution is 2.27. The van der Waals surface area contributed by atoms with Crippen LogP contribution in [0.3, 0.4) is 0 Å². The van der Waals surface area contributed by atoms with E-state index in [1.165, 1.54) is 21.5 Å². The predicted octanol–water partition coefficient (Wildman–Crippen LogP) is 1.39. The van der Waals surface area contributed by atoms with E-state index in [2.05, 4.69) is 27.5 Å². The van der Waals surface area contributed by atoms with Crippen molar-refractivity contribution < 1.29 is 9.59 Å². The molecule has 1 aromatic carbocycles. The molecule has 3 rings (SSSR count). The normalized spacial score (nSPS) is 16.7. The third kappa shape index (κ3) is 4.14. The van der Waals surface area contributed by atoms with Crippen LogP contribution in [0.5, 0.6) is 0 Å². The van der Waals surface area contributed by atoms with Crippen LogP contribution in [0.1, 0.15) is 17.9 Å². The van der Waals surface area contributed by atoms with Crippen LogP contribution < -0.4 is 5.32 Å². The molecule has 1 aliphatic heterocycles. The minimum Gasteiger partial charge on any atom is -0.347 e. The summed E-state index contributed by atoms with van der Waals surface area (Å²) in [6.45, 7) is 1.47. The number of benzene rings is 1. The Hall–Kier alpha value is -2.90. The molecule has 0 spiro atoms. The first-order chi connectivity index (χ1) is 12.0. The standard InChI is InChI=1S/C17H22N6O2/c1-21(2)15(24)11-23-12-18-16(20-23)19-17(25)22-9-8-14(10-22)13-6-4-3-5-7-13/h3-7,12,14H,8-11H2,1-2H3,(H,19,20,25). The maximum atomic E-state index is 12.4. The number of likely N-dealkylation sites (N-methyl/N-ethyl adjacent to an activating group) is 1. The molecule has 1 atom stereocenters. The van der Waals surface area contributed by atoms with E-state index in [1.54, 1.807) is 19.0 Å². The molecule has 0 saturated carbocycles. The average Bonchev–Trinajstić information content (AvgIpc) is 3.25. The molecular formula is C17H22N6O2. The van der Waals surface area contributed by atoms with Gasteiger partial charge in [-0.05, 0) is 12.0 Å². The van der Waals surface area contributed by atoms with Crippen molar-refractivity contribution in [1.29, 1.82) is 0 Å².